The number of nitro benzene ring substituents is 1. The van der Waals surface area contributed by atoms with Gasteiger partial charge in [0.05, 0.1) is 4.92 Å². The highest BCUT2D eigenvalue weighted by Gasteiger charge is 2.34. The molecule has 3 rings (SSSR count). The molecule has 0 bridgehead atoms. The van der Waals surface area contributed by atoms with Gasteiger partial charge in [-0.1, -0.05) is 6.07 Å². The average Bonchev–Trinajstić information content (AvgIpc) is 2.36. The van der Waals surface area contributed by atoms with Crippen molar-refractivity contribution in [3.63, 3.8) is 0 Å². The summed E-state index contributed by atoms with van der Waals surface area (Å²) in [5, 5.41) is 13.8. The topological polar surface area (TPSA) is 72.2 Å². The van der Waals surface area contributed by atoms with E-state index in [9.17, 15) is 14.9 Å². The van der Waals surface area contributed by atoms with Crippen molar-refractivity contribution in [3.05, 3.63) is 39.4 Å². The zero-order valence-corrected chi connectivity index (χ0v) is 9.76. The lowest BCUT2D eigenvalue weighted by molar-refractivity contribution is -0.385. The van der Waals surface area contributed by atoms with Crippen LogP contribution in [0.3, 0.4) is 0 Å². The zero-order valence-electron chi connectivity index (χ0n) is 10.8. The lowest BCUT2D eigenvalue weighted by Crippen LogP contribution is -2.45. The molecule has 1 aromatic carbocycles. The predicted octanol–water partition coefficient (Wildman–Crippen LogP) is 1.90. The molecule has 1 aromatic rings. The zero-order chi connectivity index (χ0) is 13.6. The monoisotopic (exact) mass is 247 g/mol. The van der Waals surface area contributed by atoms with Gasteiger partial charge >= 0.3 is 0 Å². The van der Waals surface area contributed by atoms with Crippen LogP contribution in [0.25, 0.3) is 0 Å². The summed E-state index contributed by atoms with van der Waals surface area (Å²) in [7, 11) is 0. The number of carbonyl (C=O) groups is 1. The van der Waals surface area contributed by atoms with Gasteiger partial charge < -0.3 is 5.32 Å². The quantitative estimate of drug-likeness (QED) is 0.608. The summed E-state index contributed by atoms with van der Waals surface area (Å²) in [6.45, 7) is 0. The van der Waals surface area contributed by atoms with Crippen molar-refractivity contribution >= 4 is 11.6 Å². The number of amides is 1. The number of aryl methyl sites for hydroxylation is 1. The van der Waals surface area contributed by atoms with Crippen molar-refractivity contribution in [2.45, 2.75) is 37.6 Å². The minimum absolute atomic E-state index is 0.0572. The molecule has 18 heavy (non-hydrogen) atoms. The largest absolute Gasteiger partial charge is 0.353 e. The molecule has 1 amide bonds. The lowest BCUT2D eigenvalue weighted by Gasteiger charge is -2.37. The van der Waals surface area contributed by atoms with Gasteiger partial charge in [-0.15, -0.1) is 0 Å². The highest BCUT2D eigenvalue weighted by atomic mass is 16.6. The van der Waals surface area contributed by atoms with E-state index in [0.29, 0.717) is 0 Å². The van der Waals surface area contributed by atoms with Crippen LogP contribution < -0.4 is 5.32 Å². The minimum Gasteiger partial charge on any atom is -0.353 e. The second-order valence-corrected chi connectivity index (χ2v) is 4.82. The van der Waals surface area contributed by atoms with Crippen LogP contribution in [0.1, 0.15) is 37.7 Å². The van der Waals surface area contributed by atoms with E-state index in [1.54, 1.807) is 12.1 Å². The van der Waals surface area contributed by atoms with Gasteiger partial charge in [0.1, 0.15) is 0 Å². The SMILES string of the molecule is [2H]C1CC(=O)NC2CCc3ccc([N+](=O)[O-])cc3C12. The average molecular weight is 247 g/mol. The Balaban J connectivity index is 2.04. The molecule has 1 fully saturated rings. The first-order valence-corrected chi connectivity index (χ1v) is 6.05. The van der Waals surface area contributed by atoms with Crippen molar-refractivity contribution < 1.29 is 11.1 Å². The van der Waals surface area contributed by atoms with Crippen LogP contribution >= 0.6 is 0 Å². The normalized spacial score (nSPS) is 30.8. The molecule has 5 heteroatoms. The van der Waals surface area contributed by atoms with E-state index in [2.05, 4.69) is 5.32 Å². The Bertz CT molecular complexity index is 561. The Morgan fingerprint density at radius 3 is 3.06 bits per heavy atom. The molecule has 3 atom stereocenters. The molecule has 1 aliphatic carbocycles. The molecule has 3 unspecified atom stereocenters. The maximum Gasteiger partial charge on any atom is 0.269 e. The number of carbonyl (C=O) groups excluding carboxylic acids is 1. The van der Waals surface area contributed by atoms with Crippen molar-refractivity contribution in [2.75, 3.05) is 0 Å². The molecule has 1 heterocycles. The number of hydrogen-bond acceptors (Lipinski definition) is 3. The predicted molar refractivity (Wildman–Crippen MR) is 65.3 cm³/mol. The summed E-state index contributed by atoms with van der Waals surface area (Å²) in [6, 6.07) is 4.82. The molecule has 5 nitrogen and oxygen atoms in total. The molecule has 1 N–H and O–H groups in total. The van der Waals surface area contributed by atoms with Crippen LogP contribution in [-0.4, -0.2) is 16.9 Å². The fraction of sp³-hybridized carbons (Fsp3) is 0.462. The van der Waals surface area contributed by atoms with Gasteiger partial charge in [0.25, 0.3) is 5.69 Å². The Hall–Kier alpha value is -1.91. The Morgan fingerprint density at radius 2 is 2.28 bits per heavy atom. The van der Waals surface area contributed by atoms with E-state index in [-0.39, 0.29) is 30.0 Å². The molecule has 94 valence electrons. The van der Waals surface area contributed by atoms with Gasteiger partial charge in [0.2, 0.25) is 5.91 Å². The molecular formula is C13H14N2O3. The maximum atomic E-state index is 11.5. The summed E-state index contributed by atoms with van der Waals surface area (Å²) in [5.41, 5.74) is 1.99. The highest BCUT2D eigenvalue weighted by molar-refractivity contribution is 5.77. The van der Waals surface area contributed by atoms with Gasteiger partial charge in [-0.2, -0.15) is 0 Å². The number of rotatable bonds is 1. The summed E-state index contributed by atoms with van der Waals surface area (Å²) in [5.74, 6) is -0.212. The number of nitro groups is 1. The van der Waals surface area contributed by atoms with E-state index in [1.807, 2.05) is 0 Å². The van der Waals surface area contributed by atoms with E-state index >= 15 is 0 Å². The van der Waals surface area contributed by atoms with Gasteiger partial charge in [0, 0.05) is 31.9 Å². The first-order chi connectivity index (χ1) is 9.06. The molecule has 2 aliphatic rings. The highest BCUT2D eigenvalue weighted by Crippen LogP contribution is 2.38. The van der Waals surface area contributed by atoms with Crippen LogP contribution in [0.2, 0.25) is 0 Å². The van der Waals surface area contributed by atoms with Crippen LogP contribution in [0.15, 0.2) is 18.2 Å². The van der Waals surface area contributed by atoms with Crippen LogP contribution in [-0.2, 0) is 11.2 Å². The third-order valence-corrected chi connectivity index (χ3v) is 3.76. The third kappa shape index (κ3) is 1.75. The van der Waals surface area contributed by atoms with Gasteiger partial charge in [0.15, 0.2) is 0 Å². The van der Waals surface area contributed by atoms with Crippen molar-refractivity contribution in [1.29, 1.82) is 0 Å². The molecule has 0 saturated carbocycles. The van der Waals surface area contributed by atoms with Crippen LogP contribution in [0.4, 0.5) is 5.69 Å². The molecule has 0 spiro atoms. The number of fused-ring (bicyclic) bond motifs is 3. The van der Waals surface area contributed by atoms with Crippen LogP contribution in [0.5, 0.6) is 0 Å². The van der Waals surface area contributed by atoms with E-state index in [1.165, 1.54) is 6.07 Å². The molecule has 1 saturated heterocycles. The Kier molecular flexibility index (Phi) is 2.28. The summed E-state index contributed by atoms with van der Waals surface area (Å²) in [4.78, 5) is 21.9. The number of non-ortho nitro benzene ring substituents is 1. The van der Waals surface area contributed by atoms with Crippen molar-refractivity contribution in [3.8, 4) is 0 Å². The van der Waals surface area contributed by atoms with E-state index in [4.69, 9.17) is 1.37 Å². The fourth-order valence-electron chi connectivity index (χ4n) is 2.89. The van der Waals surface area contributed by atoms with E-state index in [0.717, 1.165) is 24.0 Å². The second-order valence-electron chi connectivity index (χ2n) is 4.82. The molecule has 1 aliphatic heterocycles. The fourth-order valence-corrected chi connectivity index (χ4v) is 2.89. The number of piperidine rings is 1. The van der Waals surface area contributed by atoms with Crippen molar-refractivity contribution in [2.24, 2.45) is 0 Å². The number of hydrogen-bond donors (Lipinski definition) is 1. The van der Waals surface area contributed by atoms with Gasteiger partial charge in [-0.05, 0) is 30.4 Å². The summed E-state index contributed by atoms with van der Waals surface area (Å²) >= 11 is 0. The molecule has 0 radical (unpaired) electrons. The van der Waals surface area contributed by atoms with E-state index < -0.39 is 11.3 Å². The standard InChI is InChI=1S/C13H14N2O3/c16-13-6-4-10-11-7-9(15(17)18)3-1-8(11)2-5-12(10)14-13/h1,3,7,10,12H,2,4-6H2,(H,14,16)/i4D. The maximum absolute atomic E-state index is 11.5. The van der Waals surface area contributed by atoms with Crippen LogP contribution in [0, 0.1) is 10.1 Å². The number of benzene rings is 1. The lowest BCUT2D eigenvalue weighted by atomic mass is 9.75. The Labute approximate surface area is 106 Å². The summed E-state index contributed by atoms with van der Waals surface area (Å²) < 4.78 is 8.11. The number of nitrogens with zero attached hydrogens (tertiary/aromatic N) is 1. The molecule has 0 aromatic heterocycles. The third-order valence-electron chi connectivity index (χ3n) is 3.76. The Morgan fingerprint density at radius 1 is 1.44 bits per heavy atom. The van der Waals surface area contributed by atoms with Crippen molar-refractivity contribution in [1.82, 2.24) is 5.32 Å². The second kappa shape index (κ2) is 4.08. The summed E-state index contributed by atoms with van der Waals surface area (Å²) in [6.07, 6.45) is 1.25. The first-order valence-electron chi connectivity index (χ1n) is 6.63. The molecular weight excluding hydrogens is 232 g/mol. The number of nitrogens with one attached hydrogen (secondary N) is 1. The van der Waals surface area contributed by atoms with Gasteiger partial charge in [-0.3, -0.25) is 14.9 Å². The first kappa shape index (κ1) is 10.1. The minimum atomic E-state index is -0.514. The smallest absolute Gasteiger partial charge is 0.269 e. The van der Waals surface area contributed by atoms with Gasteiger partial charge in [-0.25, -0.2) is 0 Å².